The summed E-state index contributed by atoms with van der Waals surface area (Å²) in [6.07, 6.45) is 5.97. The summed E-state index contributed by atoms with van der Waals surface area (Å²) in [6.45, 7) is 5.10. The van der Waals surface area contributed by atoms with Crippen molar-refractivity contribution in [1.82, 2.24) is 9.55 Å². The number of nitrogens with zero attached hydrogens (tertiary/aromatic N) is 2. The average molecular weight is 331 g/mol. The lowest BCUT2D eigenvalue weighted by molar-refractivity contribution is 0.137. The Morgan fingerprint density at radius 2 is 2.04 bits per heavy atom. The molecule has 0 saturated heterocycles. The zero-order valence-corrected chi connectivity index (χ0v) is 14.1. The molecular formula is C18H25N3O3. The molecule has 130 valence electrons. The molecule has 1 aromatic heterocycles. The number of carbonyl (C=O) groups is 1. The maximum atomic E-state index is 8.56. The van der Waals surface area contributed by atoms with Crippen LogP contribution in [0.25, 0.3) is 5.69 Å². The van der Waals surface area contributed by atoms with E-state index in [9.17, 15) is 0 Å². The van der Waals surface area contributed by atoms with Gasteiger partial charge in [0, 0.05) is 17.8 Å². The number of benzene rings is 1. The van der Waals surface area contributed by atoms with Gasteiger partial charge in [0.2, 0.25) is 0 Å². The predicted molar refractivity (Wildman–Crippen MR) is 92.8 cm³/mol. The van der Waals surface area contributed by atoms with Crippen molar-refractivity contribution in [2.45, 2.75) is 39.0 Å². The van der Waals surface area contributed by atoms with Crippen molar-refractivity contribution in [1.29, 1.82) is 0 Å². The molecule has 6 nitrogen and oxygen atoms in total. The lowest BCUT2D eigenvalue weighted by Gasteiger charge is -2.05. The van der Waals surface area contributed by atoms with E-state index in [1.165, 1.54) is 35.3 Å². The number of aromatic nitrogens is 2. The molecule has 2 atom stereocenters. The molecule has 1 aliphatic rings. The Morgan fingerprint density at radius 1 is 1.33 bits per heavy atom. The van der Waals surface area contributed by atoms with Crippen molar-refractivity contribution in [3.8, 4) is 5.69 Å². The first-order valence-electron chi connectivity index (χ1n) is 8.15. The second-order valence-corrected chi connectivity index (χ2v) is 6.29. The molecule has 1 saturated carbocycles. The van der Waals surface area contributed by atoms with Gasteiger partial charge < -0.3 is 20.5 Å². The number of imidazole rings is 1. The molecule has 1 fully saturated rings. The van der Waals surface area contributed by atoms with Gasteiger partial charge in [-0.2, -0.15) is 0 Å². The van der Waals surface area contributed by atoms with Gasteiger partial charge in [-0.05, 0) is 68.8 Å². The molecule has 3 rings (SSSR count). The molecular weight excluding hydrogens is 306 g/mol. The Bertz CT molecular complexity index is 693. The highest BCUT2D eigenvalue weighted by atomic mass is 16.6. The van der Waals surface area contributed by atoms with E-state index in [1.807, 2.05) is 6.33 Å². The highest BCUT2D eigenvalue weighted by molar-refractivity contribution is 5.53. The fourth-order valence-corrected chi connectivity index (χ4v) is 2.87. The normalized spacial score (nSPS) is 18.6. The molecule has 0 aliphatic heterocycles. The summed E-state index contributed by atoms with van der Waals surface area (Å²) in [5, 5.41) is 13.9. The molecule has 1 aliphatic carbocycles. The van der Waals surface area contributed by atoms with E-state index in [0.29, 0.717) is 5.92 Å². The van der Waals surface area contributed by atoms with Gasteiger partial charge in [-0.1, -0.05) is 6.07 Å². The molecule has 6 heteroatoms. The van der Waals surface area contributed by atoms with Crippen LogP contribution in [-0.4, -0.2) is 32.5 Å². The van der Waals surface area contributed by atoms with Gasteiger partial charge in [0.25, 0.3) is 0 Å². The minimum absolute atomic E-state index is 0.661. The van der Waals surface area contributed by atoms with Crippen LogP contribution in [0.1, 0.15) is 42.0 Å². The molecule has 0 spiro atoms. The summed E-state index contributed by atoms with van der Waals surface area (Å²) in [7, 11) is 0. The first-order chi connectivity index (χ1) is 11.4. The van der Waals surface area contributed by atoms with Gasteiger partial charge in [0.05, 0.1) is 12.0 Å². The molecule has 0 radical (unpaired) electrons. The maximum Gasteiger partial charge on any atom is 0.503 e. The molecule has 0 bridgehead atoms. The highest BCUT2D eigenvalue weighted by Crippen LogP contribution is 2.49. The van der Waals surface area contributed by atoms with Crippen LogP contribution in [0.2, 0.25) is 0 Å². The lowest BCUT2D eigenvalue weighted by atomic mass is 10.1. The van der Waals surface area contributed by atoms with E-state index >= 15 is 0 Å². The zero-order valence-electron chi connectivity index (χ0n) is 14.1. The number of carboxylic acid groups (broad SMARTS) is 2. The van der Waals surface area contributed by atoms with E-state index in [4.69, 9.17) is 20.7 Å². The monoisotopic (exact) mass is 331 g/mol. The van der Waals surface area contributed by atoms with Crippen LogP contribution in [-0.2, 0) is 0 Å². The van der Waals surface area contributed by atoms with Crippen molar-refractivity contribution in [3.63, 3.8) is 0 Å². The number of hydrogen-bond donors (Lipinski definition) is 3. The van der Waals surface area contributed by atoms with Crippen LogP contribution in [0, 0.1) is 19.8 Å². The lowest BCUT2D eigenvalue weighted by Crippen LogP contribution is -1.98. The quantitative estimate of drug-likeness (QED) is 0.777. The van der Waals surface area contributed by atoms with Crippen LogP contribution in [0.4, 0.5) is 4.79 Å². The van der Waals surface area contributed by atoms with Crippen LogP contribution in [0.5, 0.6) is 0 Å². The minimum atomic E-state index is -1.83. The molecule has 2 unspecified atom stereocenters. The Morgan fingerprint density at radius 3 is 2.67 bits per heavy atom. The van der Waals surface area contributed by atoms with Crippen molar-refractivity contribution >= 4 is 6.16 Å². The van der Waals surface area contributed by atoms with E-state index in [1.54, 1.807) is 0 Å². The van der Waals surface area contributed by atoms with E-state index in [2.05, 4.69) is 47.8 Å². The first kappa shape index (κ1) is 18.0. The maximum absolute atomic E-state index is 8.56. The number of hydrogen-bond acceptors (Lipinski definition) is 3. The summed E-state index contributed by atoms with van der Waals surface area (Å²) in [4.78, 5) is 13.2. The zero-order chi connectivity index (χ0) is 17.7. The summed E-state index contributed by atoms with van der Waals surface area (Å²) in [6, 6.07) is 6.55. The number of aryl methyl sites for hydroxylation is 2. The Labute approximate surface area is 142 Å². The largest absolute Gasteiger partial charge is 0.503 e. The van der Waals surface area contributed by atoms with Crippen LogP contribution in [0.15, 0.2) is 30.7 Å². The summed E-state index contributed by atoms with van der Waals surface area (Å²) in [5.41, 5.74) is 10.7. The Balaban J connectivity index is 0.000000471. The van der Waals surface area contributed by atoms with Crippen molar-refractivity contribution < 1.29 is 15.0 Å². The average Bonchev–Trinajstić information content (AvgIpc) is 3.13. The molecule has 1 aromatic carbocycles. The molecule has 0 amide bonds. The summed E-state index contributed by atoms with van der Waals surface area (Å²) < 4.78 is 2.14. The van der Waals surface area contributed by atoms with Gasteiger partial charge in [0.1, 0.15) is 0 Å². The standard InChI is InChI=1S/C17H23N3.CH2O3/c1-12-5-6-15(8-13(12)2)20-10-17(19-11-20)16-9-14(16)4-3-7-18;2-1(3)4/h5-6,8,10-11,14,16H,3-4,7,9,18H2,1-2H3;(H2,2,3,4). The van der Waals surface area contributed by atoms with Gasteiger partial charge >= 0.3 is 6.16 Å². The third-order valence-corrected chi connectivity index (χ3v) is 4.47. The van der Waals surface area contributed by atoms with Gasteiger partial charge in [-0.25, -0.2) is 9.78 Å². The highest BCUT2D eigenvalue weighted by Gasteiger charge is 2.39. The SMILES string of the molecule is Cc1ccc(-n2cnc(C3CC3CCCN)c2)cc1C.O=C(O)O. The summed E-state index contributed by atoms with van der Waals surface area (Å²) >= 11 is 0. The first-order valence-corrected chi connectivity index (χ1v) is 8.15. The Kier molecular flexibility index (Phi) is 5.98. The Hall–Kier alpha value is -2.34. The van der Waals surface area contributed by atoms with Crippen LogP contribution >= 0.6 is 0 Å². The fourth-order valence-electron chi connectivity index (χ4n) is 2.87. The van der Waals surface area contributed by atoms with E-state index in [-0.39, 0.29) is 0 Å². The summed E-state index contributed by atoms with van der Waals surface area (Å²) in [5.74, 6) is 1.47. The third kappa shape index (κ3) is 4.83. The molecule has 2 aromatic rings. The van der Waals surface area contributed by atoms with Gasteiger partial charge in [0.15, 0.2) is 0 Å². The molecule has 1 heterocycles. The van der Waals surface area contributed by atoms with Crippen LogP contribution in [0.3, 0.4) is 0 Å². The fraction of sp³-hybridized carbons (Fsp3) is 0.444. The smallest absolute Gasteiger partial charge is 0.450 e. The third-order valence-electron chi connectivity index (χ3n) is 4.47. The van der Waals surface area contributed by atoms with E-state index < -0.39 is 6.16 Å². The van der Waals surface area contributed by atoms with Gasteiger partial charge in [-0.15, -0.1) is 0 Å². The van der Waals surface area contributed by atoms with E-state index in [0.717, 1.165) is 18.9 Å². The molecule has 4 N–H and O–H groups in total. The van der Waals surface area contributed by atoms with Crippen molar-refractivity contribution in [2.75, 3.05) is 6.54 Å². The van der Waals surface area contributed by atoms with Crippen LogP contribution < -0.4 is 5.73 Å². The van der Waals surface area contributed by atoms with Crippen molar-refractivity contribution in [3.05, 3.63) is 47.5 Å². The van der Waals surface area contributed by atoms with Gasteiger partial charge in [-0.3, -0.25) is 0 Å². The number of nitrogens with two attached hydrogens (primary N) is 1. The molecule has 24 heavy (non-hydrogen) atoms. The number of rotatable bonds is 5. The second-order valence-electron chi connectivity index (χ2n) is 6.29. The second kappa shape index (κ2) is 7.97. The predicted octanol–water partition coefficient (Wildman–Crippen LogP) is 3.55. The van der Waals surface area contributed by atoms with Crippen molar-refractivity contribution in [2.24, 2.45) is 11.7 Å². The minimum Gasteiger partial charge on any atom is -0.450 e. The topological polar surface area (TPSA) is 101 Å².